The van der Waals surface area contributed by atoms with Gasteiger partial charge in [-0.05, 0) is 0 Å². The molecular weight excluding hydrogens is 168 g/mol. The zero-order chi connectivity index (χ0) is 9.42. The smallest absolute Gasteiger partial charge is 0.133 e. The fourth-order valence-corrected chi connectivity index (χ4v) is 1.22. The Labute approximate surface area is 75.0 Å². The monoisotopic (exact) mass is 178 g/mol. The number of nitrogens with two attached hydrogens (primary N) is 1. The summed E-state index contributed by atoms with van der Waals surface area (Å²) in [7, 11) is 3.63. The van der Waals surface area contributed by atoms with Gasteiger partial charge in [0.2, 0.25) is 0 Å². The molecule has 0 fully saturated rings. The van der Waals surface area contributed by atoms with E-state index >= 15 is 0 Å². The van der Waals surface area contributed by atoms with Gasteiger partial charge in [-0.15, -0.1) is 5.10 Å². The lowest BCUT2D eigenvalue weighted by molar-refractivity contribution is 0.714. The van der Waals surface area contributed by atoms with Crippen molar-refractivity contribution in [1.29, 1.82) is 0 Å². The highest BCUT2D eigenvalue weighted by Gasteiger charge is 2.10. The molecule has 0 saturated heterocycles. The zero-order valence-electron chi connectivity index (χ0n) is 7.47. The van der Waals surface area contributed by atoms with Crippen molar-refractivity contribution in [3.05, 3.63) is 12.4 Å². The van der Waals surface area contributed by atoms with Crippen LogP contribution in [0.5, 0.6) is 0 Å². The van der Waals surface area contributed by atoms with Crippen molar-refractivity contribution in [3.8, 4) is 11.4 Å². The van der Waals surface area contributed by atoms with E-state index in [0.29, 0.717) is 5.69 Å². The quantitative estimate of drug-likeness (QED) is 0.656. The van der Waals surface area contributed by atoms with Gasteiger partial charge in [0, 0.05) is 14.1 Å². The molecule has 0 amide bonds. The third kappa shape index (κ3) is 1.16. The summed E-state index contributed by atoms with van der Waals surface area (Å²) in [6, 6.07) is 0. The van der Waals surface area contributed by atoms with E-state index in [1.54, 1.807) is 21.8 Å². The fraction of sp³-hybridized carbons (Fsp3) is 0.286. The summed E-state index contributed by atoms with van der Waals surface area (Å²) in [5, 5.41) is 11.8. The van der Waals surface area contributed by atoms with Crippen LogP contribution in [-0.2, 0) is 14.1 Å². The predicted molar refractivity (Wildman–Crippen MR) is 47.6 cm³/mol. The number of anilines is 1. The van der Waals surface area contributed by atoms with Crippen molar-refractivity contribution in [2.45, 2.75) is 0 Å². The normalized spacial score (nSPS) is 10.6. The van der Waals surface area contributed by atoms with Crippen LogP contribution < -0.4 is 5.73 Å². The summed E-state index contributed by atoms with van der Waals surface area (Å²) in [4.78, 5) is 0. The predicted octanol–water partition coefficient (Wildman–Crippen LogP) is -0.202. The molecule has 0 atom stereocenters. The van der Waals surface area contributed by atoms with Gasteiger partial charge in [0.25, 0.3) is 0 Å². The second-order valence-corrected chi connectivity index (χ2v) is 2.85. The van der Waals surface area contributed by atoms with Gasteiger partial charge in [-0.2, -0.15) is 5.10 Å². The maximum absolute atomic E-state index is 5.72. The van der Waals surface area contributed by atoms with Crippen LogP contribution in [-0.4, -0.2) is 24.8 Å². The van der Waals surface area contributed by atoms with Crippen molar-refractivity contribution < 1.29 is 0 Å². The Bertz CT molecular complexity index is 406. The van der Waals surface area contributed by atoms with E-state index < -0.39 is 0 Å². The molecule has 6 nitrogen and oxygen atoms in total. The highest BCUT2D eigenvalue weighted by atomic mass is 15.4. The molecule has 68 valence electrons. The summed E-state index contributed by atoms with van der Waals surface area (Å²) >= 11 is 0. The third-order valence-corrected chi connectivity index (χ3v) is 1.81. The molecule has 0 aliphatic carbocycles. The van der Waals surface area contributed by atoms with E-state index in [1.807, 2.05) is 14.1 Å². The number of nitrogen functional groups attached to an aromatic ring is 1. The summed E-state index contributed by atoms with van der Waals surface area (Å²) < 4.78 is 3.31. The van der Waals surface area contributed by atoms with Gasteiger partial charge in [-0.1, -0.05) is 5.21 Å². The van der Waals surface area contributed by atoms with E-state index in [9.17, 15) is 0 Å². The lowest BCUT2D eigenvalue weighted by Crippen LogP contribution is -1.95. The average molecular weight is 178 g/mol. The Morgan fingerprint density at radius 3 is 2.62 bits per heavy atom. The van der Waals surface area contributed by atoms with E-state index in [1.165, 1.54) is 0 Å². The van der Waals surface area contributed by atoms with Gasteiger partial charge in [-0.3, -0.25) is 9.36 Å². The summed E-state index contributed by atoms with van der Waals surface area (Å²) in [6.07, 6.45) is 3.40. The van der Waals surface area contributed by atoms with Gasteiger partial charge < -0.3 is 5.73 Å². The first-order valence-electron chi connectivity index (χ1n) is 3.82. The van der Waals surface area contributed by atoms with Crippen LogP contribution in [0.1, 0.15) is 0 Å². The number of rotatable bonds is 1. The lowest BCUT2D eigenvalue weighted by Gasteiger charge is -1.96. The minimum Gasteiger partial charge on any atom is -0.396 e. The van der Waals surface area contributed by atoms with Crippen LogP contribution in [0.4, 0.5) is 5.69 Å². The second kappa shape index (κ2) is 2.58. The van der Waals surface area contributed by atoms with Crippen LogP contribution in [0.25, 0.3) is 11.4 Å². The molecule has 6 heteroatoms. The van der Waals surface area contributed by atoms with Crippen molar-refractivity contribution in [2.75, 3.05) is 5.73 Å². The van der Waals surface area contributed by atoms with E-state index in [2.05, 4.69) is 15.4 Å². The van der Waals surface area contributed by atoms with Gasteiger partial charge in [0.1, 0.15) is 11.4 Å². The van der Waals surface area contributed by atoms with Crippen molar-refractivity contribution in [3.63, 3.8) is 0 Å². The lowest BCUT2D eigenvalue weighted by atomic mass is 10.3. The minimum atomic E-state index is 0.614. The highest BCUT2D eigenvalue weighted by Crippen LogP contribution is 2.21. The Hall–Kier alpha value is -1.85. The molecule has 0 radical (unpaired) electrons. The van der Waals surface area contributed by atoms with Crippen LogP contribution >= 0.6 is 0 Å². The molecule has 0 saturated carbocycles. The largest absolute Gasteiger partial charge is 0.396 e. The topological polar surface area (TPSA) is 74.6 Å². The van der Waals surface area contributed by atoms with Crippen molar-refractivity contribution >= 4 is 5.69 Å². The number of nitrogens with zero attached hydrogens (tertiary/aromatic N) is 5. The minimum absolute atomic E-state index is 0.614. The van der Waals surface area contributed by atoms with Crippen LogP contribution in [0, 0.1) is 0 Å². The Morgan fingerprint density at radius 1 is 1.38 bits per heavy atom. The SMILES string of the molecule is Cn1cc(-c2c(N)cnn2C)nn1. The molecule has 13 heavy (non-hydrogen) atoms. The molecule has 0 aromatic carbocycles. The van der Waals surface area contributed by atoms with Crippen molar-refractivity contribution in [1.82, 2.24) is 24.8 Å². The molecule has 2 aromatic rings. The van der Waals surface area contributed by atoms with E-state index in [4.69, 9.17) is 5.73 Å². The van der Waals surface area contributed by atoms with Crippen molar-refractivity contribution in [2.24, 2.45) is 14.1 Å². The molecule has 2 rings (SSSR count). The van der Waals surface area contributed by atoms with Crippen LogP contribution in [0.2, 0.25) is 0 Å². The van der Waals surface area contributed by atoms with E-state index in [-0.39, 0.29) is 0 Å². The van der Waals surface area contributed by atoms with Gasteiger partial charge in [-0.25, -0.2) is 0 Å². The fourth-order valence-electron chi connectivity index (χ4n) is 1.22. The Balaban J connectivity index is 2.57. The third-order valence-electron chi connectivity index (χ3n) is 1.81. The molecule has 0 unspecified atom stereocenters. The summed E-state index contributed by atoms with van der Waals surface area (Å²) in [5.74, 6) is 0. The van der Waals surface area contributed by atoms with E-state index in [0.717, 1.165) is 11.4 Å². The molecule has 2 N–H and O–H groups in total. The number of aromatic nitrogens is 5. The first-order valence-corrected chi connectivity index (χ1v) is 3.82. The first kappa shape index (κ1) is 7.78. The molecule has 2 heterocycles. The number of hydrogen-bond acceptors (Lipinski definition) is 4. The molecule has 0 spiro atoms. The van der Waals surface area contributed by atoms with Crippen LogP contribution in [0.3, 0.4) is 0 Å². The standard InChI is InChI=1S/C7H10N6/c1-12-4-6(10-11-12)7-5(8)3-9-13(7)2/h3-4H,8H2,1-2H3. The average Bonchev–Trinajstić information content (AvgIpc) is 2.60. The Morgan fingerprint density at radius 2 is 2.15 bits per heavy atom. The molecule has 0 aliphatic heterocycles. The maximum atomic E-state index is 5.72. The second-order valence-electron chi connectivity index (χ2n) is 2.85. The molecular formula is C7H10N6. The maximum Gasteiger partial charge on any atom is 0.133 e. The van der Waals surface area contributed by atoms with Gasteiger partial charge in [0.15, 0.2) is 0 Å². The zero-order valence-corrected chi connectivity index (χ0v) is 7.47. The Kier molecular flexibility index (Phi) is 1.54. The summed E-state index contributed by atoms with van der Waals surface area (Å²) in [5.41, 5.74) is 7.87. The highest BCUT2D eigenvalue weighted by molar-refractivity contribution is 5.68. The van der Waals surface area contributed by atoms with Gasteiger partial charge >= 0.3 is 0 Å². The number of aryl methyl sites for hydroxylation is 2. The molecule has 0 aliphatic rings. The molecule has 0 bridgehead atoms. The van der Waals surface area contributed by atoms with Gasteiger partial charge in [0.05, 0.1) is 18.1 Å². The first-order chi connectivity index (χ1) is 6.18. The number of hydrogen-bond donors (Lipinski definition) is 1. The van der Waals surface area contributed by atoms with Crippen LogP contribution in [0.15, 0.2) is 12.4 Å². The summed E-state index contributed by atoms with van der Waals surface area (Å²) in [6.45, 7) is 0. The molecule has 2 aromatic heterocycles.